The summed E-state index contributed by atoms with van der Waals surface area (Å²) in [5.74, 6) is 1.71. The topological polar surface area (TPSA) is 121 Å². The number of aliphatic hydroxyl groups excluding tert-OH is 1. The highest BCUT2D eigenvalue weighted by molar-refractivity contribution is 5.81. The number of aryl methyl sites for hydroxylation is 1. The number of fused-ring (bicyclic) bond motifs is 1. The molecule has 0 saturated heterocycles. The van der Waals surface area contributed by atoms with E-state index in [4.69, 9.17) is 14.7 Å². The molecule has 35 heavy (non-hydrogen) atoms. The quantitative estimate of drug-likeness (QED) is 0.471. The monoisotopic (exact) mass is 483 g/mol. The van der Waals surface area contributed by atoms with Gasteiger partial charge in [0.15, 0.2) is 5.82 Å². The average molecular weight is 484 g/mol. The van der Waals surface area contributed by atoms with E-state index in [2.05, 4.69) is 10.3 Å². The van der Waals surface area contributed by atoms with Crippen molar-refractivity contribution in [1.29, 1.82) is 0 Å². The van der Waals surface area contributed by atoms with Crippen LogP contribution in [0.3, 0.4) is 0 Å². The lowest BCUT2D eigenvalue weighted by Gasteiger charge is -2.25. The molecule has 2 heterocycles. The third-order valence-corrected chi connectivity index (χ3v) is 7.26. The minimum atomic E-state index is -0.863. The molecule has 1 fully saturated rings. The average Bonchev–Trinajstić information content (AvgIpc) is 3.50. The molecule has 2 atom stereocenters. The minimum absolute atomic E-state index is 0.127. The first-order valence-electron chi connectivity index (χ1n) is 12.7. The van der Waals surface area contributed by atoms with Crippen molar-refractivity contribution in [3.05, 3.63) is 29.6 Å². The molecule has 4 rings (SSSR count). The van der Waals surface area contributed by atoms with Crippen LogP contribution in [0.25, 0.3) is 11.5 Å². The number of hydrogen-bond donors (Lipinski definition) is 3. The number of carbonyl (C=O) groups is 1. The molecule has 0 aromatic carbocycles. The highest BCUT2D eigenvalue weighted by Gasteiger charge is 2.28. The number of nitrogens with zero attached hydrogens (tertiary/aromatic N) is 4. The van der Waals surface area contributed by atoms with Gasteiger partial charge in [0.1, 0.15) is 23.9 Å². The van der Waals surface area contributed by atoms with Crippen LogP contribution in [0.15, 0.2) is 18.3 Å². The number of likely N-dealkylation sites (N-methyl/N-ethyl adjacent to an activating group) is 1. The first-order chi connectivity index (χ1) is 16.8. The first kappa shape index (κ1) is 25.3. The molecule has 9 heteroatoms. The summed E-state index contributed by atoms with van der Waals surface area (Å²) in [6.45, 7) is 4.23. The summed E-state index contributed by atoms with van der Waals surface area (Å²) in [6, 6.07) is 3.38. The molecule has 2 unspecified atom stereocenters. The summed E-state index contributed by atoms with van der Waals surface area (Å²) in [7, 11) is 1.86. The minimum Gasteiger partial charge on any atom is -0.490 e. The van der Waals surface area contributed by atoms with Crippen LogP contribution in [-0.2, 0) is 17.6 Å². The summed E-state index contributed by atoms with van der Waals surface area (Å²) < 4.78 is 5.88. The van der Waals surface area contributed by atoms with Gasteiger partial charge in [-0.1, -0.05) is 13.8 Å². The second-order valence-corrected chi connectivity index (χ2v) is 9.77. The van der Waals surface area contributed by atoms with Gasteiger partial charge in [-0.3, -0.25) is 9.78 Å². The zero-order valence-electron chi connectivity index (χ0n) is 21.0. The molecule has 0 aliphatic heterocycles. The number of ether oxygens (including phenoxy) is 1. The van der Waals surface area contributed by atoms with E-state index >= 15 is 0 Å². The Morgan fingerprint density at radius 3 is 2.74 bits per heavy atom. The first-order valence-corrected chi connectivity index (χ1v) is 12.7. The van der Waals surface area contributed by atoms with E-state index in [-0.39, 0.29) is 25.1 Å². The van der Waals surface area contributed by atoms with Crippen LogP contribution in [0.4, 0.5) is 5.82 Å². The molecule has 2 aromatic rings. The molecule has 9 nitrogen and oxygen atoms in total. The summed E-state index contributed by atoms with van der Waals surface area (Å²) >= 11 is 0. The van der Waals surface area contributed by atoms with Gasteiger partial charge < -0.3 is 25.2 Å². The van der Waals surface area contributed by atoms with Crippen molar-refractivity contribution in [2.75, 3.05) is 25.1 Å². The van der Waals surface area contributed by atoms with Gasteiger partial charge in [-0.15, -0.1) is 0 Å². The van der Waals surface area contributed by atoms with Gasteiger partial charge in [-0.05, 0) is 57.4 Å². The van der Waals surface area contributed by atoms with Crippen molar-refractivity contribution in [2.24, 2.45) is 0 Å². The van der Waals surface area contributed by atoms with Crippen LogP contribution in [0.1, 0.15) is 63.6 Å². The molecule has 1 amide bonds. The van der Waals surface area contributed by atoms with E-state index in [1.54, 1.807) is 18.3 Å². The van der Waals surface area contributed by atoms with E-state index < -0.39 is 11.7 Å². The van der Waals surface area contributed by atoms with Gasteiger partial charge in [0.05, 0.1) is 24.3 Å². The number of anilines is 1. The molecule has 3 N–H and O–H groups in total. The zero-order chi connectivity index (χ0) is 25.0. The Bertz CT molecular complexity index is 1040. The van der Waals surface area contributed by atoms with Crippen molar-refractivity contribution in [3.8, 4) is 17.3 Å². The highest BCUT2D eigenvalue weighted by Crippen LogP contribution is 2.31. The molecular weight excluding hydrogens is 446 g/mol. The predicted molar refractivity (Wildman–Crippen MR) is 133 cm³/mol. The van der Waals surface area contributed by atoms with Gasteiger partial charge in [0, 0.05) is 30.6 Å². The SMILES string of the molecule is CCC(O)(CC)COc1ccnc(-c2nc3c(c(N(C)CC(=O)NC4CCCC4O)n2)CCC3)c1. The molecule has 0 spiro atoms. The Labute approximate surface area is 207 Å². The Morgan fingerprint density at radius 1 is 1.23 bits per heavy atom. The molecule has 2 aromatic heterocycles. The molecule has 190 valence electrons. The van der Waals surface area contributed by atoms with Crippen LogP contribution >= 0.6 is 0 Å². The Kier molecular flexibility index (Phi) is 7.86. The lowest BCUT2D eigenvalue weighted by Crippen LogP contribution is -2.44. The maximum absolute atomic E-state index is 12.7. The molecule has 2 aliphatic rings. The van der Waals surface area contributed by atoms with Gasteiger partial charge >= 0.3 is 0 Å². The molecular formula is C26H37N5O4. The van der Waals surface area contributed by atoms with Crippen LogP contribution in [0.2, 0.25) is 0 Å². The normalized spacial score (nSPS) is 19.5. The number of nitrogens with one attached hydrogen (secondary N) is 1. The van der Waals surface area contributed by atoms with Gasteiger partial charge in [-0.2, -0.15) is 0 Å². The summed E-state index contributed by atoms with van der Waals surface area (Å²) in [4.78, 5) is 28.6. The number of amides is 1. The van der Waals surface area contributed by atoms with Crippen molar-refractivity contribution in [2.45, 2.75) is 83.0 Å². The highest BCUT2D eigenvalue weighted by atomic mass is 16.5. The Balaban J connectivity index is 1.53. The summed E-state index contributed by atoms with van der Waals surface area (Å²) in [5.41, 5.74) is 1.79. The van der Waals surface area contributed by atoms with Crippen molar-refractivity contribution < 1.29 is 19.7 Å². The van der Waals surface area contributed by atoms with Crippen molar-refractivity contribution in [1.82, 2.24) is 20.3 Å². The second kappa shape index (κ2) is 10.9. The second-order valence-electron chi connectivity index (χ2n) is 9.77. The smallest absolute Gasteiger partial charge is 0.239 e. The van der Waals surface area contributed by atoms with E-state index in [1.165, 1.54) is 0 Å². The van der Waals surface area contributed by atoms with Gasteiger partial charge in [0.2, 0.25) is 5.91 Å². The molecule has 0 bridgehead atoms. The lowest BCUT2D eigenvalue weighted by atomic mass is 9.99. The van der Waals surface area contributed by atoms with Crippen LogP contribution < -0.4 is 15.0 Å². The number of carbonyl (C=O) groups excluding carboxylic acids is 1. The maximum atomic E-state index is 12.7. The Hall–Kier alpha value is -2.78. The summed E-state index contributed by atoms with van der Waals surface area (Å²) in [5, 5.41) is 23.5. The fraction of sp³-hybridized carbons (Fsp3) is 0.615. The molecule has 0 radical (unpaired) electrons. The predicted octanol–water partition coefficient (Wildman–Crippen LogP) is 2.42. The van der Waals surface area contributed by atoms with Crippen LogP contribution in [0.5, 0.6) is 5.75 Å². The van der Waals surface area contributed by atoms with E-state index in [0.717, 1.165) is 55.6 Å². The van der Waals surface area contributed by atoms with E-state index in [1.807, 2.05) is 25.8 Å². The van der Waals surface area contributed by atoms with Crippen molar-refractivity contribution >= 4 is 11.7 Å². The van der Waals surface area contributed by atoms with Crippen LogP contribution in [-0.4, -0.2) is 69.0 Å². The lowest BCUT2D eigenvalue weighted by molar-refractivity contribution is -0.121. The maximum Gasteiger partial charge on any atom is 0.239 e. The van der Waals surface area contributed by atoms with Crippen molar-refractivity contribution in [3.63, 3.8) is 0 Å². The Morgan fingerprint density at radius 2 is 2.03 bits per heavy atom. The van der Waals surface area contributed by atoms with Gasteiger partial charge in [-0.25, -0.2) is 9.97 Å². The summed E-state index contributed by atoms with van der Waals surface area (Å²) in [6.07, 6.45) is 7.61. The largest absolute Gasteiger partial charge is 0.490 e. The van der Waals surface area contributed by atoms with E-state index in [9.17, 15) is 15.0 Å². The number of hydrogen-bond acceptors (Lipinski definition) is 8. The standard InChI is InChI=1S/C26H37N5O4/c1-4-26(34,5-2)16-35-17-12-13-27-21(14-17)24-29-19-9-6-8-18(19)25(30-24)31(3)15-23(33)28-20-10-7-11-22(20)32/h12-14,20,22,32,34H,4-11,15-16H2,1-3H3,(H,28,33). The number of aliphatic hydroxyl groups is 2. The fourth-order valence-electron chi connectivity index (χ4n) is 4.79. The zero-order valence-corrected chi connectivity index (χ0v) is 21.0. The fourth-order valence-corrected chi connectivity index (χ4v) is 4.79. The number of aromatic nitrogens is 3. The van der Waals surface area contributed by atoms with Gasteiger partial charge in [0.25, 0.3) is 0 Å². The molecule has 2 aliphatic carbocycles. The number of pyridine rings is 1. The third kappa shape index (κ3) is 5.90. The van der Waals surface area contributed by atoms with E-state index in [0.29, 0.717) is 30.1 Å². The van der Waals surface area contributed by atoms with Crippen LogP contribution in [0, 0.1) is 0 Å². The third-order valence-electron chi connectivity index (χ3n) is 7.26. The molecule has 1 saturated carbocycles. The number of rotatable bonds is 10.